The topological polar surface area (TPSA) is 38.7 Å². The highest BCUT2D eigenvalue weighted by Crippen LogP contribution is 1.88. The lowest BCUT2D eigenvalue weighted by atomic mass is 10.3. The average molecular weight is 145 g/mol. The minimum absolute atomic E-state index is 0. The molecule has 0 bridgehead atoms. The summed E-state index contributed by atoms with van der Waals surface area (Å²) in [5.41, 5.74) is 0.502. The van der Waals surface area contributed by atoms with E-state index in [9.17, 15) is 4.79 Å². The Morgan fingerprint density at radius 3 is 2.50 bits per heavy atom. The van der Waals surface area contributed by atoms with Crippen LogP contribution in [0.25, 0.3) is 0 Å². The van der Waals surface area contributed by atoms with Gasteiger partial charge in [0.15, 0.2) is 0 Å². The zero-order chi connectivity index (χ0) is 7.98. The molecule has 0 spiro atoms. The Bertz CT molecular complexity index is 145. The van der Waals surface area contributed by atoms with Gasteiger partial charge in [0, 0.05) is 8.47 Å². The summed E-state index contributed by atoms with van der Waals surface area (Å²) in [6.45, 7) is 4.07. The number of nitrogens with zero attached hydrogens (tertiary/aromatic N) is 1. The maximum absolute atomic E-state index is 10.9. The first-order valence-electron chi connectivity index (χ1n) is 3.39. The molecule has 0 aliphatic carbocycles. The van der Waals surface area contributed by atoms with Crippen molar-refractivity contribution < 1.29 is 11.0 Å². The van der Waals surface area contributed by atoms with Crippen molar-refractivity contribution in [2.45, 2.75) is 20.3 Å². The van der Waals surface area contributed by atoms with Gasteiger partial charge in [-0.3, -0.25) is 4.99 Å². The Morgan fingerprint density at radius 2 is 2.20 bits per heavy atom. The third kappa shape index (κ3) is 2.62. The second-order valence-corrected chi connectivity index (χ2v) is 1.74. The molecule has 0 aliphatic heterocycles. The van der Waals surface area contributed by atoms with E-state index in [1.165, 1.54) is 0 Å². The fourth-order valence-electron chi connectivity index (χ4n) is 0.608. The van der Waals surface area contributed by atoms with Gasteiger partial charge in [-0.15, -0.1) is 0 Å². The lowest BCUT2D eigenvalue weighted by Gasteiger charge is -2.00. The summed E-state index contributed by atoms with van der Waals surface area (Å²) in [5, 5.41) is 0. The van der Waals surface area contributed by atoms with Crippen LogP contribution in [0.1, 0.15) is 21.7 Å². The normalized spacial score (nSPS) is 11.3. The van der Waals surface area contributed by atoms with Gasteiger partial charge in [-0.1, -0.05) is 6.92 Å². The molecule has 0 aromatic carbocycles. The summed E-state index contributed by atoms with van der Waals surface area (Å²) in [6, 6.07) is 0. The SMILES string of the molecule is CCOC(=O)C(CC)=NC.[HH]. The molecule has 0 rings (SSSR count). The summed E-state index contributed by atoms with van der Waals surface area (Å²) in [4.78, 5) is 14.6. The fraction of sp³-hybridized carbons (Fsp3) is 0.714. The number of carbonyl (C=O) groups is 1. The largest absolute Gasteiger partial charge is 0.462 e. The molecule has 0 atom stereocenters. The summed E-state index contributed by atoms with van der Waals surface area (Å²) in [6.07, 6.45) is 0.634. The molecule has 0 radical (unpaired) electrons. The van der Waals surface area contributed by atoms with E-state index in [2.05, 4.69) is 4.99 Å². The number of hydrogen-bond acceptors (Lipinski definition) is 3. The minimum atomic E-state index is -0.299. The van der Waals surface area contributed by atoms with Gasteiger partial charge in [0.2, 0.25) is 0 Å². The molecule has 0 heterocycles. The van der Waals surface area contributed by atoms with Gasteiger partial charge in [0.25, 0.3) is 0 Å². The van der Waals surface area contributed by atoms with Crippen LogP contribution in [0.5, 0.6) is 0 Å². The first-order valence-corrected chi connectivity index (χ1v) is 3.39. The van der Waals surface area contributed by atoms with Crippen LogP contribution in [0.4, 0.5) is 0 Å². The smallest absolute Gasteiger partial charge is 0.352 e. The van der Waals surface area contributed by atoms with Crippen molar-refractivity contribution in [3.63, 3.8) is 0 Å². The maximum atomic E-state index is 10.9. The van der Waals surface area contributed by atoms with E-state index in [1.54, 1.807) is 14.0 Å². The van der Waals surface area contributed by atoms with E-state index in [0.717, 1.165) is 0 Å². The Labute approximate surface area is 62.6 Å². The van der Waals surface area contributed by atoms with Crippen LogP contribution in [-0.2, 0) is 9.53 Å². The number of aliphatic imine (C=N–C) groups is 1. The second kappa shape index (κ2) is 4.97. The second-order valence-electron chi connectivity index (χ2n) is 1.74. The molecule has 3 nitrogen and oxygen atoms in total. The number of carbonyl (C=O) groups excluding carboxylic acids is 1. The van der Waals surface area contributed by atoms with E-state index in [1.807, 2.05) is 6.92 Å². The van der Waals surface area contributed by atoms with E-state index < -0.39 is 0 Å². The van der Waals surface area contributed by atoms with Gasteiger partial charge in [0.05, 0.1) is 6.61 Å². The summed E-state index contributed by atoms with van der Waals surface area (Å²) < 4.78 is 4.72. The molecule has 0 N–H and O–H groups in total. The lowest BCUT2D eigenvalue weighted by Crippen LogP contribution is -2.16. The summed E-state index contributed by atoms with van der Waals surface area (Å²) in [5.74, 6) is -0.299. The average Bonchev–Trinajstić information content (AvgIpc) is 1.91. The molecular weight excluding hydrogens is 130 g/mol. The van der Waals surface area contributed by atoms with Crippen LogP contribution in [0.3, 0.4) is 0 Å². The van der Waals surface area contributed by atoms with Crippen molar-refractivity contribution in [2.75, 3.05) is 13.7 Å². The third-order valence-electron chi connectivity index (χ3n) is 1.12. The maximum Gasteiger partial charge on any atom is 0.352 e. The van der Waals surface area contributed by atoms with Gasteiger partial charge in [-0.2, -0.15) is 0 Å². The van der Waals surface area contributed by atoms with Gasteiger partial charge in [0.1, 0.15) is 5.71 Å². The highest BCUT2D eigenvalue weighted by molar-refractivity contribution is 6.36. The van der Waals surface area contributed by atoms with Crippen molar-refractivity contribution in [1.82, 2.24) is 0 Å². The predicted octanol–water partition coefficient (Wildman–Crippen LogP) is 1.28. The Kier molecular flexibility index (Phi) is 4.54. The highest BCUT2D eigenvalue weighted by atomic mass is 16.5. The molecule has 0 aromatic heterocycles. The molecule has 0 aromatic rings. The van der Waals surface area contributed by atoms with E-state index in [4.69, 9.17) is 4.74 Å². The van der Waals surface area contributed by atoms with Crippen molar-refractivity contribution in [3.05, 3.63) is 0 Å². The van der Waals surface area contributed by atoms with Gasteiger partial charge in [-0.05, 0) is 13.3 Å². The third-order valence-corrected chi connectivity index (χ3v) is 1.12. The first-order chi connectivity index (χ1) is 4.76. The van der Waals surface area contributed by atoms with E-state index >= 15 is 0 Å². The molecular formula is C7H15NO2. The van der Waals surface area contributed by atoms with Crippen LogP contribution in [-0.4, -0.2) is 25.3 Å². The van der Waals surface area contributed by atoms with Crippen LogP contribution in [0.2, 0.25) is 0 Å². The van der Waals surface area contributed by atoms with Crippen LogP contribution in [0, 0.1) is 0 Å². The molecule has 0 saturated heterocycles. The molecule has 10 heavy (non-hydrogen) atoms. The van der Waals surface area contributed by atoms with E-state index in [0.29, 0.717) is 18.7 Å². The Morgan fingerprint density at radius 1 is 1.60 bits per heavy atom. The fourth-order valence-corrected chi connectivity index (χ4v) is 0.608. The quantitative estimate of drug-likeness (QED) is 0.443. The lowest BCUT2D eigenvalue weighted by molar-refractivity contribution is -0.135. The van der Waals surface area contributed by atoms with Crippen LogP contribution in [0.15, 0.2) is 4.99 Å². The molecule has 0 amide bonds. The predicted molar refractivity (Wildman–Crippen MR) is 42.4 cm³/mol. The number of esters is 1. The van der Waals surface area contributed by atoms with Gasteiger partial charge in [-0.25, -0.2) is 4.79 Å². The minimum Gasteiger partial charge on any atom is -0.462 e. The standard InChI is InChI=1S/C7H13NO2.H2/c1-4-6(8-3)7(9)10-5-2;/h4-5H2,1-3H3;1H. The summed E-state index contributed by atoms with van der Waals surface area (Å²) >= 11 is 0. The molecule has 3 heteroatoms. The number of ether oxygens (including phenoxy) is 1. The zero-order valence-corrected chi connectivity index (χ0v) is 6.68. The zero-order valence-electron chi connectivity index (χ0n) is 6.68. The van der Waals surface area contributed by atoms with E-state index in [-0.39, 0.29) is 7.40 Å². The highest BCUT2D eigenvalue weighted by Gasteiger charge is 2.07. The number of hydrogen-bond donors (Lipinski definition) is 0. The van der Waals surface area contributed by atoms with Crippen molar-refractivity contribution in [2.24, 2.45) is 4.99 Å². The van der Waals surface area contributed by atoms with Crippen molar-refractivity contribution in [1.29, 1.82) is 0 Å². The van der Waals surface area contributed by atoms with Crippen molar-refractivity contribution in [3.8, 4) is 0 Å². The van der Waals surface area contributed by atoms with Gasteiger partial charge < -0.3 is 4.74 Å². The molecule has 0 fully saturated rings. The molecule has 0 aliphatic rings. The van der Waals surface area contributed by atoms with Gasteiger partial charge >= 0.3 is 5.97 Å². The van der Waals surface area contributed by atoms with Crippen LogP contribution >= 0.6 is 0 Å². The Hall–Kier alpha value is -0.860. The summed E-state index contributed by atoms with van der Waals surface area (Å²) in [7, 11) is 1.59. The molecule has 60 valence electrons. The van der Waals surface area contributed by atoms with Crippen LogP contribution < -0.4 is 0 Å². The number of rotatable bonds is 3. The molecule has 0 saturated carbocycles. The molecule has 0 unspecified atom stereocenters. The first kappa shape index (κ1) is 9.14. The monoisotopic (exact) mass is 145 g/mol. The van der Waals surface area contributed by atoms with Crippen molar-refractivity contribution >= 4 is 11.7 Å². The Balaban J connectivity index is 0.